The second-order valence-corrected chi connectivity index (χ2v) is 9.37. The molecule has 36 heavy (non-hydrogen) atoms. The van der Waals surface area contributed by atoms with Gasteiger partial charge in [0.25, 0.3) is 0 Å². The fourth-order valence-electron chi connectivity index (χ4n) is 5.01. The number of aromatic nitrogens is 4. The summed E-state index contributed by atoms with van der Waals surface area (Å²) in [4.78, 5) is 21.4. The first-order valence-electron chi connectivity index (χ1n) is 12.6. The van der Waals surface area contributed by atoms with E-state index < -0.39 is 0 Å². The van der Waals surface area contributed by atoms with Crippen molar-refractivity contribution in [3.63, 3.8) is 0 Å². The number of hydrogen-bond donors (Lipinski definition) is 2. The Morgan fingerprint density at radius 1 is 1.06 bits per heavy atom. The summed E-state index contributed by atoms with van der Waals surface area (Å²) in [5.41, 5.74) is 14.5. The molecular formula is C29H32N6O. The van der Waals surface area contributed by atoms with E-state index in [9.17, 15) is 4.79 Å². The molecule has 1 amide bonds. The number of nitrogens with zero attached hydrogens (tertiary/aromatic N) is 4. The van der Waals surface area contributed by atoms with Gasteiger partial charge in [-0.15, -0.1) is 0 Å². The monoisotopic (exact) mass is 480 g/mol. The lowest BCUT2D eigenvalue weighted by Gasteiger charge is -2.12. The van der Waals surface area contributed by atoms with Gasteiger partial charge in [0.1, 0.15) is 11.8 Å². The number of hydrogen-bond acceptors (Lipinski definition) is 4. The number of nitrogens with two attached hydrogens (primary N) is 1. The van der Waals surface area contributed by atoms with E-state index in [-0.39, 0.29) is 5.91 Å². The van der Waals surface area contributed by atoms with Crippen LogP contribution in [0.1, 0.15) is 43.5 Å². The minimum Gasteiger partial charge on any atom is -0.382 e. The smallest absolute Gasteiger partial charge is 0.228 e. The lowest BCUT2D eigenvalue weighted by atomic mass is 10.1. The Morgan fingerprint density at radius 2 is 1.83 bits per heavy atom. The summed E-state index contributed by atoms with van der Waals surface area (Å²) < 4.78 is 4.25. The van der Waals surface area contributed by atoms with E-state index >= 15 is 0 Å². The molecule has 5 aromatic rings. The SMILES string of the molecule is CCC.Cn1ccc2cc(CC(=O)Nc3ccc(-n4c5c(c6ncnc(N)c64)CCC5)cc3)ccc21. The number of rotatable bonds is 4. The predicted octanol–water partition coefficient (Wildman–Crippen LogP) is 5.58. The Hall–Kier alpha value is -4.13. The van der Waals surface area contributed by atoms with Crippen LogP contribution in [0.2, 0.25) is 0 Å². The van der Waals surface area contributed by atoms with Crippen LogP contribution in [0, 0.1) is 0 Å². The van der Waals surface area contributed by atoms with Gasteiger partial charge in [0.15, 0.2) is 5.82 Å². The summed E-state index contributed by atoms with van der Waals surface area (Å²) in [7, 11) is 2.02. The zero-order valence-corrected chi connectivity index (χ0v) is 21.1. The highest BCUT2D eigenvalue weighted by Crippen LogP contribution is 2.36. The summed E-state index contributed by atoms with van der Waals surface area (Å²) >= 11 is 0. The lowest BCUT2D eigenvalue weighted by molar-refractivity contribution is -0.115. The van der Waals surface area contributed by atoms with Gasteiger partial charge in [-0.1, -0.05) is 26.3 Å². The molecule has 3 heterocycles. The molecule has 2 aromatic carbocycles. The normalized spacial score (nSPS) is 12.4. The highest BCUT2D eigenvalue weighted by molar-refractivity contribution is 5.94. The molecule has 0 saturated carbocycles. The van der Waals surface area contributed by atoms with E-state index in [1.807, 2.05) is 43.6 Å². The number of carbonyl (C=O) groups is 1. The molecule has 0 unspecified atom stereocenters. The molecule has 1 aliphatic carbocycles. The fraction of sp³-hybridized carbons (Fsp3) is 0.276. The summed E-state index contributed by atoms with van der Waals surface area (Å²) in [6.07, 6.45) is 8.27. The van der Waals surface area contributed by atoms with Crippen LogP contribution in [0.3, 0.4) is 0 Å². The van der Waals surface area contributed by atoms with Crippen molar-refractivity contribution >= 4 is 39.3 Å². The molecule has 0 saturated heterocycles. The zero-order valence-electron chi connectivity index (χ0n) is 21.1. The number of fused-ring (bicyclic) bond motifs is 4. The van der Waals surface area contributed by atoms with Crippen LogP contribution in [0.15, 0.2) is 61.1 Å². The summed E-state index contributed by atoms with van der Waals surface area (Å²) in [5.74, 6) is 0.449. The Labute approximate surface area is 211 Å². The van der Waals surface area contributed by atoms with Crippen LogP contribution in [0.5, 0.6) is 0 Å². The van der Waals surface area contributed by atoms with E-state index in [4.69, 9.17) is 5.73 Å². The Kier molecular flexibility index (Phi) is 6.46. The molecule has 0 atom stereocenters. The first-order valence-corrected chi connectivity index (χ1v) is 12.6. The Morgan fingerprint density at radius 3 is 2.61 bits per heavy atom. The van der Waals surface area contributed by atoms with E-state index in [2.05, 4.69) is 56.5 Å². The van der Waals surface area contributed by atoms with Crippen LogP contribution in [-0.2, 0) is 31.1 Å². The van der Waals surface area contributed by atoms with Gasteiger partial charge in [0, 0.05) is 35.8 Å². The van der Waals surface area contributed by atoms with Gasteiger partial charge >= 0.3 is 0 Å². The minimum atomic E-state index is -0.0389. The number of anilines is 2. The van der Waals surface area contributed by atoms with Crippen molar-refractivity contribution in [2.75, 3.05) is 11.1 Å². The quantitative estimate of drug-likeness (QED) is 0.351. The van der Waals surface area contributed by atoms with Crippen molar-refractivity contribution in [2.24, 2.45) is 7.05 Å². The van der Waals surface area contributed by atoms with Gasteiger partial charge in [0.2, 0.25) is 5.91 Å². The second-order valence-electron chi connectivity index (χ2n) is 9.37. The van der Waals surface area contributed by atoms with Crippen molar-refractivity contribution < 1.29 is 4.79 Å². The van der Waals surface area contributed by atoms with E-state index in [1.54, 1.807) is 0 Å². The number of benzene rings is 2. The first-order chi connectivity index (χ1) is 17.5. The highest BCUT2D eigenvalue weighted by Gasteiger charge is 2.25. The predicted molar refractivity (Wildman–Crippen MR) is 147 cm³/mol. The number of aryl methyl sites for hydroxylation is 2. The van der Waals surface area contributed by atoms with Gasteiger partial charge in [-0.25, -0.2) is 9.97 Å². The first kappa shape index (κ1) is 23.6. The largest absolute Gasteiger partial charge is 0.382 e. The van der Waals surface area contributed by atoms with Crippen LogP contribution >= 0.6 is 0 Å². The molecule has 184 valence electrons. The molecule has 0 bridgehead atoms. The number of nitrogen functional groups attached to an aromatic ring is 1. The molecule has 0 aliphatic heterocycles. The van der Waals surface area contributed by atoms with Gasteiger partial charge in [-0.2, -0.15) is 0 Å². The number of amides is 1. The maximum atomic E-state index is 12.7. The Balaban J connectivity index is 0.000000848. The molecule has 1 aliphatic rings. The maximum absolute atomic E-state index is 12.7. The summed E-state index contributed by atoms with van der Waals surface area (Å²) in [5, 5.41) is 4.15. The third-order valence-corrected chi connectivity index (χ3v) is 6.54. The summed E-state index contributed by atoms with van der Waals surface area (Å²) in [6.45, 7) is 4.25. The zero-order chi connectivity index (χ0) is 25.2. The van der Waals surface area contributed by atoms with Crippen molar-refractivity contribution in [2.45, 2.75) is 46.0 Å². The molecule has 0 fully saturated rings. The molecule has 7 heteroatoms. The van der Waals surface area contributed by atoms with Gasteiger partial charge < -0.3 is 20.2 Å². The van der Waals surface area contributed by atoms with Gasteiger partial charge in [-0.3, -0.25) is 4.79 Å². The molecule has 7 nitrogen and oxygen atoms in total. The number of nitrogens with one attached hydrogen (secondary N) is 1. The van der Waals surface area contributed by atoms with E-state index in [0.717, 1.165) is 58.1 Å². The van der Waals surface area contributed by atoms with Crippen LogP contribution in [-0.4, -0.2) is 25.0 Å². The van der Waals surface area contributed by atoms with Crippen LogP contribution in [0.4, 0.5) is 11.5 Å². The Bertz CT molecular complexity index is 1540. The summed E-state index contributed by atoms with van der Waals surface area (Å²) in [6, 6.07) is 16.1. The highest BCUT2D eigenvalue weighted by atomic mass is 16.1. The molecule has 6 rings (SSSR count). The topological polar surface area (TPSA) is 90.8 Å². The van der Waals surface area contributed by atoms with Crippen molar-refractivity contribution in [1.82, 2.24) is 19.1 Å². The molecular weight excluding hydrogens is 448 g/mol. The third-order valence-electron chi connectivity index (χ3n) is 6.54. The second kappa shape index (κ2) is 9.85. The van der Waals surface area contributed by atoms with Crippen molar-refractivity contribution in [3.8, 4) is 5.69 Å². The van der Waals surface area contributed by atoms with E-state index in [0.29, 0.717) is 12.2 Å². The van der Waals surface area contributed by atoms with E-state index in [1.165, 1.54) is 24.0 Å². The molecule has 3 N–H and O–H groups in total. The molecule has 3 aromatic heterocycles. The van der Waals surface area contributed by atoms with Gasteiger partial charge in [-0.05, 0) is 78.2 Å². The third kappa shape index (κ3) is 4.33. The maximum Gasteiger partial charge on any atom is 0.228 e. The van der Waals surface area contributed by atoms with Crippen LogP contribution < -0.4 is 11.1 Å². The van der Waals surface area contributed by atoms with Crippen molar-refractivity contribution in [1.29, 1.82) is 0 Å². The number of carbonyl (C=O) groups excluding carboxylic acids is 1. The van der Waals surface area contributed by atoms with Crippen molar-refractivity contribution in [3.05, 3.63) is 77.9 Å². The van der Waals surface area contributed by atoms with Gasteiger partial charge in [0.05, 0.1) is 11.9 Å². The standard InChI is InChI=1S/C26H24N6O.C3H8/c1-31-12-11-17-13-16(5-10-21(17)31)14-23(33)30-18-6-8-19(9-7-18)32-22-4-2-3-20(22)24-25(32)26(27)29-15-28-24;1-3-2/h5-13,15H,2-4,14H2,1H3,(H,30,33)(H2,27,28,29);3H2,1-2H3. The van der Waals surface area contributed by atoms with Crippen LogP contribution in [0.25, 0.3) is 27.6 Å². The average molecular weight is 481 g/mol. The molecule has 0 radical (unpaired) electrons. The lowest BCUT2D eigenvalue weighted by Crippen LogP contribution is -2.14. The average Bonchev–Trinajstić information content (AvgIpc) is 3.56. The fourth-order valence-corrected chi connectivity index (χ4v) is 5.01. The molecule has 0 spiro atoms. The minimum absolute atomic E-state index is 0.0389.